The molecule has 0 aliphatic rings. The Balaban J connectivity index is 1.95. The minimum atomic E-state index is -0.640. The Kier molecular flexibility index (Phi) is 5.42. The lowest BCUT2D eigenvalue weighted by molar-refractivity contribution is 0.629. The molecule has 0 saturated carbocycles. The second-order valence-corrected chi connectivity index (χ2v) is 7.29. The molecule has 33 heavy (non-hydrogen) atoms. The molecule has 2 heterocycles. The quantitative estimate of drug-likeness (QED) is 0.492. The first-order valence-corrected chi connectivity index (χ1v) is 9.86. The lowest BCUT2D eigenvalue weighted by Crippen LogP contribution is -2.28. The molecule has 0 fully saturated rings. The zero-order chi connectivity index (χ0) is 23.7. The number of fused-ring (bicyclic) bond motifs is 1. The summed E-state index contributed by atoms with van der Waals surface area (Å²) >= 11 is 0. The number of nitrogens with two attached hydrogens (primary N) is 1. The summed E-state index contributed by atoms with van der Waals surface area (Å²) in [4.78, 5) is 26.3. The summed E-state index contributed by atoms with van der Waals surface area (Å²) < 4.78 is 15.2. The first-order valence-electron chi connectivity index (χ1n) is 9.86. The van der Waals surface area contributed by atoms with Gasteiger partial charge in [0.25, 0.3) is 5.56 Å². The van der Waals surface area contributed by atoms with Crippen LogP contribution >= 0.6 is 0 Å². The van der Waals surface area contributed by atoms with Crippen molar-refractivity contribution in [3.63, 3.8) is 0 Å². The number of aromatic nitrogens is 4. The maximum atomic E-state index is 13.9. The zero-order valence-electron chi connectivity index (χ0n) is 17.7. The summed E-state index contributed by atoms with van der Waals surface area (Å²) in [5.41, 5.74) is 6.46. The van der Waals surface area contributed by atoms with Gasteiger partial charge in [0.05, 0.1) is 34.3 Å². The Morgan fingerprint density at radius 2 is 1.91 bits per heavy atom. The fraction of sp³-hybridized carbons (Fsp3) is 0.130. The average Bonchev–Trinajstić information content (AvgIpc) is 2.79. The van der Waals surface area contributed by atoms with Crippen LogP contribution in [0, 0.1) is 35.4 Å². The Morgan fingerprint density at radius 1 is 1.12 bits per heavy atom. The molecular weight excluding hydrogens is 423 g/mol. The fourth-order valence-corrected chi connectivity index (χ4v) is 3.51. The Morgan fingerprint density at radius 3 is 2.64 bits per heavy atom. The van der Waals surface area contributed by atoms with Gasteiger partial charge < -0.3 is 11.1 Å². The van der Waals surface area contributed by atoms with E-state index >= 15 is 0 Å². The van der Waals surface area contributed by atoms with Crippen LogP contribution in [-0.2, 0) is 0 Å². The maximum Gasteiger partial charge on any atom is 0.266 e. The van der Waals surface area contributed by atoms with E-state index in [0.717, 1.165) is 6.07 Å². The first-order chi connectivity index (χ1) is 15.8. The molecule has 0 saturated heterocycles. The molecule has 1 unspecified atom stereocenters. The molecule has 162 valence electrons. The molecule has 3 N–H and O–H groups in total. The molecule has 0 spiro atoms. The van der Waals surface area contributed by atoms with Crippen molar-refractivity contribution < 1.29 is 4.39 Å². The molecule has 1 atom stereocenters. The van der Waals surface area contributed by atoms with Crippen LogP contribution in [0.25, 0.3) is 16.6 Å². The molecular formula is C23H17FN8O. The van der Waals surface area contributed by atoms with Crippen molar-refractivity contribution in [3.8, 4) is 17.8 Å². The van der Waals surface area contributed by atoms with Crippen LogP contribution in [-0.4, -0.2) is 19.5 Å². The number of nitrogen functional groups attached to an aromatic ring is 1. The Labute approximate surface area is 187 Å². The summed E-state index contributed by atoms with van der Waals surface area (Å²) in [6.07, 6.45) is 0. The van der Waals surface area contributed by atoms with E-state index < -0.39 is 17.4 Å². The highest BCUT2D eigenvalue weighted by Crippen LogP contribution is 2.25. The topological polar surface area (TPSA) is 146 Å². The van der Waals surface area contributed by atoms with Gasteiger partial charge >= 0.3 is 0 Å². The number of halogens is 1. The highest BCUT2D eigenvalue weighted by molar-refractivity contribution is 5.78. The van der Waals surface area contributed by atoms with Gasteiger partial charge in [-0.2, -0.15) is 10.5 Å². The third-order valence-electron chi connectivity index (χ3n) is 4.99. The predicted molar refractivity (Wildman–Crippen MR) is 120 cm³/mol. The summed E-state index contributed by atoms with van der Waals surface area (Å²) in [5, 5.41) is 22.0. The molecule has 4 rings (SSSR count). The number of anilines is 2. The van der Waals surface area contributed by atoms with Gasteiger partial charge in [0, 0.05) is 0 Å². The van der Waals surface area contributed by atoms with Crippen LogP contribution in [0.2, 0.25) is 0 Å². The largest absolute Gasteiger partial charge is 0.382 e. The summed E-state index contributed by atoms with van der Waals surface area (Å²) in [6, 6.07) is 13.6. The van der Waals surface area contributed by atoms with Crippen molar-refractivity contribution >= 4 is 22.5 Å². The monoisotopic (exact) mass is 440 g/mol. The van der Waals surface area contributed by atoms with Gasteiger partial charge in [-0.1, -0.05) is 6.07 Å². The van der Waals surface area contributed by atoms with Gasteiger partial charge in [-0.25, -0.2) is 19.3 Å². The lowest BCUT2D eigenvalue weighted by atomic mass is 10.1. The molecule has 10 heteroatoms. The molecule has 0 radical (unpaired) electrons. The first kappa shape index (κ1) is 21.4. The highest BCUT2D eigenvalue weighted by Gasteiger charge is 2.21. The third-order valence-corrected chi connectivity index (χ3v) is 4.99. The van der Waals surface area contributed by atoms with Crippen molar-refractivity contribution in [2.75, 3.05) is 11.1 Å². The minimum Gasteiger partial charge on any atom is -0.382 e. The molecule has 2 aromatic heterocycles. The van der Waals surface area contributed by atoms with Gasteiger partial charge in [0.15, 0.2) is 5.82 Å². The van der Waals surface area contributed by atoms with E-state index in [1.807, 2.05) is 12.1 Å². The smallest absolute Gasteiger partial charge is 0.266 e. The summed E-state index contributed by atoms with van der Waals surface area (Å²) in [5.74, 6) is 0.292. The van der Waals surface area contributed by atoms with Crippen LogP contribution in [0.3, 0.4) is 0 Å². The van der Waals surface area contributed by atoms with E-state index in [1.165, 1.54) is 22.8 Å². The van der Waals surface area contributed by atoms with Gasteiger partial charge in [-0.3, -0.25) is 9.36 Å². The molecule has 0 amide bonds. The van der Waals surface area contributed by atoms with Crippen molar-refractivity contribution in [2.24, 2.45) is 0 Å². The Bertz CT molecular complexity index is 1550. The van der Waals surface area contributed by atoms with Crippen LogP contribution in [0.15, 0.2) is 47.3 Å². The maximum absolute atomic E-state index is 13.9. The second kappa shape index (κ2) is 8.36. The molecule has 9 nitrogen and oxygen atoms in total. The summed E-state index contributed by atoms with van der Waals surface area (Å²) in [6.45, 7) is 3.37. The van der Waals surface area contributed by atoms with Crippen molar-refractivity contribution in [1.82, 2.24) is 19.5 Å². The van der Waals surface area contributed by atoms with Gasteiger partial charge in [-0.05, 0) is 50.2 Å². The fourth-order valence-electron chi connectivity index (χ4n) is 3.51. The number of rotatable bonds is 4. The number of benzene rings is 2. The molecule has 0 bridgehead atoms. The average molecular weight is 440 g/mol. The molecule has 4 aromatic rings. The number of hydrogen-bond acceptors (Lipinski definition) is 8. The SMILES string of the molecule is Cc1nc(N)c(C#N)c(NC(C)c2nc3ccc(F)cc3c(=O)n2-c2cccc(C#N)c2)n1. The van der Waals surface area contributed by atoms with E-state index in [-0.39, 0.29) is 28.4 Å². The van der Waals surface area contributed by atoms with Crippen LogP contribution < -0.4 is 16.6 Å². The normalized spacial score (nSPS) is 11.5. The summed E-state index contributed by atoms with van der Waals surface area (Å²) in [7, 11) is 0. The predicted octanol–water partition coefficient (Wildman–Crippen LogP) is 3.12. The van der Waals surface area contributed by atoms with Crippen molar-refractivity contribution in [1.29, 1.82) is 10.5 Å². The van der Waals surface area contributed by atoms with E-state index in [9.17, 15) is 19.7 Å². The number of nitrogens with one attached hydrogen (secondary N) is 1. The zero-order valence-corrected chi connectivity index (χ0v) is 17.7. The number of aryl methyl sites for hydroxylation is 1. The standard InChI is InChI=1S/C23H17FN8O/c1-12(28-21-18(11-26)20(27)29-13(2)30-21)22-31-19-7-6-15(24)9-17(19)23(33)32(22)16-5-3-4-14(8-16)10-25/h3-9,12H,1-2H3,(H3,27,28,29,30). The van der Waals surface area contributed by atoms with Crippen LogP contribution in [0.5, 0.6) is 0 Å². The Hall–Kier alpha value is -4.83. The number of nitrogens with zero attached hydrogens (tertiary/aromatic N) is 6. The van der Waals surface area contributed by atoms with Crippen molar-refractivity contribution in [2.45, 2.75) is 19.9 Å². The van der Waals surface area contributed by atoms with E-state index in [0.29, 0.717) is 22.6 Å². The van der Waals surface area contributed by atoms with Crippen LogP contribution in [0.1, 0.15) is 35.7 Å². The van der Waals surface area contributed by atoms with E-state index in [1.54, 1.807) is 32.0 Å². The van der Waals surface area contributed by atoms with E-state index in [2.05, 4.69) is 20.3 Å². The highest BCUT2D eigenvalue weighted by atomic mass is 19.1. The number of nitriles is 2. The van der Waals surface area contributed by atoms with Crippen molar-refractivity contribution in [3.05, 3.63) is 81.4 Å². The van der Waals surface area contributed by atoms with Crippen LogP contribution in [0.4, 0.5) is 16.0 Å². The molecule has 2 aromatic carbocycles. The molecule has 0 aliphatic carbocycles. The van der Waals surface area contributed by atoms with Gasteiger partial charge in [0.2, 0.25) is 0 Å². The second-order valence-electron chi connectivity index (χ2n) is 7.29. The third kappa shape index (κ3) is 3.93. The lowest BCUT2D eigenvalue weighted by Gasteiger charge is -2.21. The minimum absolute atomic E-state index is 0.0285. The number of hydrogen-bond donors (Lipinski definition) is 2. The van der Waals surface area contributed by atoms with Gasteiger partial charge in [0.1, 0.15) is 34.9 Å². The molecule has 0 aliphatic heterocycles. The van der Waals surface area contributed by atoms with Gasteiger partial charge in [-0.15, -0.1) is 0 Å². The van der Waals surface area contributed by atoms with E-state index in [4.69, 9.17) is 5.73 Å².